The van der Waals surface area contributed by atoms with Crippen molar-refractivity contribution in [3.63, 3.8) is 0 Å². The van der Waals surface area contributed by atoms with Gasteiger partial charge in [0.05, 0.1) is 0 Å². The molecular formula is C3HN9O12. The molecule has 0 saturated heterocycles. The Balaban J connectivity index is 4.31. The first kappa shape index (κ1) is 17.9. The zero-order valence-electron chi connectivity index (χ0n) is 10.5. The average Bonchev–Trinajstić information content (AvgIpc) is 2.43. The van der Waals surface area contributed by atoms with Crippen molar-refractivity contribution >= 4 is 0 Å². The lowest BCUT2D eigenvalue weighted by Gasteiger charge is -2.25. The highest BCUT2D eigenvalue weighted by Crippen LogP contribution is 2.43. The van der Waals surface area contributed by atoms with Crippen LogP contribution in [0.2, 0.25) is 0 Å². The third-order valence-electron chi connectivity index (χ3n) is 2.92. The van der Waals surface area contributed by atoms with E-state index in [2.05, 4.69) is 10.3 Å². The van der Waals surface area contributed by atoms with Crippen molar-refractivity contribution < 1.29 is 29.5 Å². The normalized spacial score (nSPS) is 19.5. The molecule has 0 aliphatic carbocycles. The van der Waals surface area contributed by atoms with Crippen LogP contribution >= 0.6 is 0 Å². The predicted octanol–water partition coefficient (Wildman–Crippen LogP) is -2.38. The van der Waals surface area contributed by atoms with Crippen LogP contribution in [0.25, 0.3) is 0 Å². The van der Waals surface area contributed by atoms with Crippen LogP contribution in [0.15, 0.2) is 10.3 Å². The smallest absolute Gasteiger partial charge is 0.257 e. The Hall–Kier alpha value is -4.20. The van der Waals surface area contributed by atoms with Gasteiger partial charge >= 0.3 is 17.2 Å². The molecule has 0 amide bonds. The molecule has 0 aromatic rings. The molecule has 0 fully saturated rings. The zero-order chi connectivity index (χ0) is 19.1. The molecule has 0 atom stereocenters. The lowest BCUT2D eigenvalue weighted by atomic mass is 9.93. The number of hydrogen-bond acceptors (Lipinski definition) is 15. The standard InChI is InChI=1S/C3HN9O12/c13-7(14)1(8(15)16)2(9(17)18,10(19)20)4-6-5-3(1,11(21)22)12(23)24/h(H,4,5). The maximum atomic E-state index is 11.2. The van der Waals surface area contributed by atoms with E-state index < -0.39 is 46.8 Å². The number of nitrogens with zero attached hydrogens (tertiary/aromatic N) is 8. The van der Waals surface area contributed by atoms with E-state index in [9.17, 15) is 60.7 Å². The van der Waals surface area contributed by atoms with E-state index in [1.165, 1.54) is 0 Å². The van der Waals surface area contributed by atoms with E-state index in [1.807, 2.05) is 0 Å². The van der Waals surface area contributed by atoms with Crippen LogP contribution in [-0.2, 0) is 0 Å². The van der Waals surface area contributed by atoms with Gasteiger partial charge in [0, 0.05) is 0 Å². The lowest BCUT2D eigenvalue weighted by molar-refractivity contribution is -1.01. The van der Waals surface area contributed by atoms with Crippen LogP contribution < -0.4 is 5.43 Å². The van der Waals surface area contributed by atoms with Crippen molar-refractivity contribution in [3.05, 3.63) is 60.7 Å². The van der Waals surface area contributed by atoms with E-state index in [-0.39, 0.29) is 0 Å². The van der Waals surface area contributed by atoms with Gasteiger partial charge in [-0.25, -0.2) is 0 Å². The summed E-state index contributed by atoms with van der Waals surface area (Å²) in [5.41, 5.74) is -4.61. The van der Waals surface area contributed by atoms with E-state index >= 15 is 0 Å². The molecule has 1 aliphatic rings. The monoisotopic (exact) mass is 355 g/mol. The Morgan fingerprint density at radius 3 is 1.25 bits per heavy atom. The number of rotatable bonds is 6. The van der Waals surface area contributed by atoms with E-state index in [1.54, 1.807) is 0 Å². The van der Waals surface area contributed by atoms with Crippen molar-refractivity contribution in [1.29, 1.82) is 0 Å². The van der Waals surface area contributed by atoms with Gasteiger partial charge in [-0.1, -0.05) is 5.22 Å². The summed E-state index contributed by atoms with van der Waals surface area (Å²) in [6.07, 6.45) is 0. The topological polar surface area (TPSA) is 296 Å². The summed E-state index contributed by atoms with van der Waals surface area (Å²) in [4.78, 5) is 52.0. The first-order valence-corrected chi connectivity index (χ1v) is 4.93. The molecule has 130 valence electrons. The number of hydrogen-bond donors (Lipinski definition) is 1. The molecule has 0 saturated carbocycles. The van der Waals surface area contributed by atoms with Crippen molar-refractivity contribution in [2.24, 2.45) is 10.3 Å². The maximum absolute atomic E-state index is 11.2. The van der Waals surface area contributed by atoms with Crippen molar-refractivity contribution in [2.45, 2.75) is 17.2 Å². The van der Waals surface area contributed by atoms with Gasteiger partial charge in [-0.3, -0.25) is 60.7 Å². The van der Waals surface area contributed by atoms with Gasteiger partial charge in [0.25, 0.3) is 0 Å². The largest absolute Gasteiger partial charge is 0.785 e. The van der Waals surface area contributed by atoms with Gasteiger partial charge in [0.1, 0.15) is 29.5 Å². The van der Waals surface area contributed by atoms with Crippen molar-refractivity contribution in [2.75, 3.05) is 0 Å². The highest BCUT2D eigenvalue weighted by Gasteiger charge is 3.15. The Morgan fingerprint density at radius 2 is 1.00 bits per heavy atom. The molecule has 0 aromatic carbocycles. The quantitative estimate of drug-likeness (QED) is 0.296. The summed E-state index contributed by atoms with van der Waals surface area (Å²) >= 11 is 0. The highest BCUT2D eigenvalue weighted by atomic mass is 16.7. The summed E-state index contributed by atoms with van der Waals surface area (Å²) in [5.74, 6) is -9.92. The third-order valence-corrected chi connectivity index (χ3v) is 2.92. The van der Waals surface area contributed by atoms with Crippen LogP contribution in [0, 0.1) is 60.7 Å². The first-order valence-electron chi connectivity index (χ1n) is 4.93. The van der Waals surface area contributed by atoms with Crippen LogP contribution in [0.4, 0.5) is 0 Å². The molecule has 21 heteroatoms. The molecule has 0 unspecified atom stereocenters. The van der Waals surface area contributed by atoms with E-state index in [4.69, 9.17) is 0 Å². The van der Waals surface area contributed by atoms with Crippen molar-refractivity contribution in [3.8, 4) is 0 Å². The van der Waals surface area contributed by atoms with Crippen LogP contribution in [0.5, 0.6) is 0 Å². The van der Waals surface area contributed by atoms with Gasteiger partial charge < -0.3 is 0 Å². The molecule has 21 nitrogen and oxygen atoms in total. The Bertz CT molecular complexity index is 667. The fraction of sp³-hybridized carbons (Fsp3) is 1.00. The summed E-state index contributed by atoms with van der Waals surface area (Å²) in [6, 6.07) is 0. The van der Waals surface area contributed by atoms with Crippen LogP contribution in [0.1, 0.15) is 0 Å². The molecule has 1 heterocycles. The Labute approximate surface area is 124 Å². The second-order valence-electron chi connectivity index (χ2n) is 3.83. The Morgan fingerprint density at radius 1 is 0.625 bits per heavy atom. The molecular weight excluding hydrogens is 354 g/mol. The fourth-order valence-corrected chi connectivity index (χ4v) is 1.91. The molecule has 0 bridgehead atoms. The van der Waals surface area contributed by atoms with E-state index in [0.717, 1.165) is 5.43 Å². The predicted molar refractivity (Wildman–Crippen MR) is 58.2 cm³/mol. The highest BCUT2D eigenvalue weighted by molar-refractivity contribution is 4.95. The van der Waals surface area contributed by atoms with Crippen LogP contribution in [-0.4, -0.2) is 46.8 Å². The van der Waals surface area contributed by atoms with Crippen LogP contribution in [0.3, 0.4) is 0 Å². The molecule has 0 radical (unpaired) electrons. The van der Waals surface area contributed by atoms with Gasteiger partial charge in [-0.05, 0) is 5.11 Å². The molecule has 0 aromatic heterocycles. The van der Waals surface area contributed by atoms with Gasteiger partial charge in [0.15, 0.2) is 0 Å². The fourth-order valence-electron chi connectivity index (χ4n) is 1.91. The maximum Gasteiger partial charge on any atom is 0.785 e. The summed E-state index contributed by atoms with van der Waals surface area (Å²) in [5, 5.41) is 70.8. The second kappa shape index (κ2) is 4.92. The molecule has 1 rings (SSSR count). The number of nitro groups is 6. The third kappa shape index (κ3) is 1.50. The zero-order valence-corrected chi connectivity index (χ0v) is 10.5. The minimum Gasteiger partial charge on any atom is -0.257 e. The minimum atomic E-state index is -5.33. The van der Waals surface area contributed by atoms with E-state index in [0.29, 0.717) is 0 Å². The molecule has 1 aliphatic heterocycles. The average molecular weight is 355 g/mol. The van der Waals surface area contributed by atoms with Gasteiger partial charge in [-0.2, -0.15) is 0 Å². The molecule has 24 heavy (non-hydrogen) atoms. The Kier molecular flexibility index (Phi) is 3.66. The summed E-state index contributed by atoms with van der Waals surface area (Å²) in [6.45, 7) is 0. The summed E-state index contributed by atoms with van der Waals surface area (Å²) < 4.78 is 0. The lowest BCUT2D eigenvalue weighted by Crippen LogP contribution is -2.88. The SMILES string of the molecule is O=[N+]([O-])C1([N+](=O)[O-])N=NNC([N+](=O)[O-])([N+](=O)[O-])C1([N+](=O)[O-])[N+](=O)[O-]. The van der Waals surface area contributed by atoms with Gasteiger partial charge in [0.2, 0.25) is 0 Å². The first-order chi connectivity index (χ1) is 10.9. The minimum absolute atomic E-state index is 0.718. The van der Waals surface area contributed by atoms with Gasteiger partial charge in [-0.15, -0.1) is 5.43 Å². The molecule has 1 N–H and O–H groups in total. The second-order valence-corrected chi connectivity index (χ2v) is 3.83. The molecule has 0 spiro atoms. The number of nitrogens with one attached hydrogen (secondary N) is 1. The van der Waals surface area contributed by atoms with Crippen molar-refractivity contribution in [1.82, 2.24) is 5.43 Å². The summed E-state index contributed by atoms with van der Waals surface area (Å²) in [7, 11) is 0.